The van der Waals surface area contributed by atoms with E-state index >= 15 is 0 Å². The lowest BCUT2D eigenvalue weighted by molar-refractivity contribution is 0.353. The summed E-state index contributed by atoms with van der Waals surface area (Å²) in [6.45, 7) is 0.237. The van der Waals surface area contributed by atoms with Crippen LogP contribution in [-0.4, -0.2) is 34.0 Å². The number of ether oxygens (including phenoxy) is 2. The molecule has 0 aliphatic rings. The number of halogens is 2. The van der Waals surface area contributed by atoms with Gasteiger partial charge in [0.2, 0.25) is 10.0 Å². The van der Waals surface area contributed by atoms with Crippen molar-refractivity contribution in [1.29, 1.82) is 0 Å². The van der Waals surface area contributed by atoms with Crippen LogP contribution in [0.2, 0.25) is 4.34 Å². The molecule has 0 radical (unpaired) electrons. The third kappa shape index (κ3) is 4.00. The van der Waals surface area contributed by atoms with Gasteiger partial charge in [0.1, 0.15) is 4.90 Å². The van der Waals surface area contributed by atoms with Crippen LogP contribution in [0.15, 0.2) is 33.6 Å². The normalized spacial score (nSPS) is 11.7. The monoisotopic (exact) mass is 439 g/mol. The van der Waals surface area contributed by atoms with Gasteiger partial charge in [0.15, 0.2) is 11.5 Å². The Labute approximate surface area is 153 Å². The van der Waals surface area contributed by atoms with Gasteiger partial charge in [-0.15, -0.1) is 11.3 Å². The predicted octanol–water partition coefficient (Wildman–Crippen LogP) is 4.00. The quantitative estimate of drug-likeness (QED) is 0.681. The lowest BCUT2D eigenvalue weighted by atomic mass is 10.3. The molecule has 0 fully saturated rings. The number of rotatable bonds is 6. The van der Waals surface area contributed by atoms with E-state index in [0.29, 0.717) is 20.3 Å². The maximum Gasteiger partial charge on any atom is 0.244 e. The van der Waals surface area contributed by atoms with Crippen molar-refractivity contribution in [2.45, 2.75) is 11.4 Å². The van der Waals surface area contributed by atoms with E-state index in [1.165, 1.54) is 43.0 Å². The van der Waals surface area contributed by atoms with E-state index in [9.17, 15) is 8.42 Å². The highest BCUT2D eigenvalue weighted by Gasteiger charge is 2.26. The molecule has 23 heavy (non-hydrogen) atoms. The molecule has 1 aromatic carbocycles. The van der Waals surface area contributed by atoms with Crippen LogP contribution in [0.25, 0.3) is 0 Å². The minimum atomic E-state index is -3.70. The van der Waals surface area contributed by atoms with Crippen molar-refractivity contribution in [2.75, 3.05) is 21.3 Å². The van der Waals surface area contributed by atoms with Gasteiger partial charge in [-0.1, -0.05) is 11.6 Å². The molecule has 126 valence electrons. The van der Waals surface area contributed by atoms with Gasteiger partial charge in [0, 0.05) is 29.0 Å². The molecular formula is C14H15BrClNO4S2. The van der Waals surface area contributed by atoms with Crippen LogP contribution in [-0.2, 0) is 16.6 Å². The second-order valence-corrected chi connectivity index (χ2v) is 9.27. The molecule has 0 unspecified atom stereocenters. The zero-order chi connectivity index (χ0) is 17.2. The third-order valence-corrected chi connectivity index (χ3v) is 7.11. The molecule has 0 spiro atoms. The van der Waals surface area contributed by atoms with Gasteiger partial charge >= 0.3 is 0 Å². The molecule has 0 saturated heterocycles. The fourth-order valence-electron chi connectivity index (χ4n) is 1.94. The van der Waals surface area contributed by atoms with Gasteiger partial charge in [-0.05, 0) is 34.1 Å². The molecule has 1 heterocycles. The van der Waals surface area contributed by atoms with E-state index in [-0.39, 0.29) is 11.4 Å². The molecule has 9 heteroatoms. The van der Waals surface area contributed by atoms with Crippen molar-refractivity contribution in [3.8, 4) is 11.5 Å². The number of methoxy groups -OCH3 is 2. The molecule has 0 saturated carbocycles. The Morgan fingerprint density at radius 1 is 1.22 bits per heavy atom. The van der Waals surface area contributed by atoms with Crippen molar-refractivity contribution >= 4 is 48.9 Å². The number of hydrogen-bond donors (Lipinski definition) is 0. The molecule has 5 nitrogen and oxygen atoms in total. The Bertz CT molecular complexity index is 807. The molecule has 1 aromatic heterocycles. The molecule has 0 bridgehead atoms. The van der Waals surface area contributed by atoms with Crippen LogP contribution >= 0.6 is 38.9 Å². The van der Waals surface area contributed by atoms with Crippen LogP contribution < -0.4 is 9.47 Å². The summed E-state index contributed by atoms with van der Waals surface area (Å²) in [6.07, 6.45) is 0. The second-order valence-electron chi connectivity index (χ2n) is 4.60. The fraction of sp³-hybridized carbons (Fsp3) is 0.286. The van der Waals surface area contributed by atoms with E-state index in [1.807, 2.05) is 6.07 Å². The first-order chi connectivity index (χ1) is 10.8. The molecule has 0 aliphatic heterocycles. The number of nitrogens with zero attached hydrogens (tertiary/aromatic N) is 1. The molecule has 0 atom stereocenters. The van der Waals surface area contributed by atoms with Crippen molar-refractivity contribution in [3.05, 3.63) is 38.0 Å². The van der Waals surface area contributed by atoms with Crippen molar-refractivity contribution in [3.63, 3.8) is 0 Å². The zero-order valence-electron chi connectivity index (χ0n) is 12.7. The number of sulfonamides is 1. The maximum atomic E-state index is 12.8. The highest BCUT2D eigenvalue weighted by Crippen LogP contribution is 2.37. The van der Waals surface area contributed by atoms with Crippen molar-refractivity contribution in [2.24, 2.45) is 0 Å². The Balaban J connectivity index is 2.38. The van der Waals surface area contributed by atoms with Gasteiger partial charge in [-0.3, -0.25) is 0 Å². The summed E-state index contributed by atoms with van der Waals surface area (Å²) in [6, 6.07) is 6.56. The van der Waals surface area contributed by atoms with Crippen LogP contribution in [0, 0.1) is 0 Å². The summed E-state index contributed by atoms with van der Waals surface area (Å²) in [4.78, 5) is 0.970. The van der Waals surface area contributed by atoms with Gasteiger partial charge in [-0.25, -0.2) is 8.42 Å². The predicted molar refractivity (Wildman–Crippen MR) is 95.2 cm³/mol. The van der Waals surface area contributed by atoms with Gasteiger partial charge < -0.3 is 9.47 Å². The van der Waals surface area contributed by atoms with Crippen LogP contribution in [0.4, 0.5) is 0 Å². The first-order valence-corrected chi connectivity index (χ1v) is 9.84. The van der Waals surface area contributed by atoms with Gasteiger partial charge in [0.05, 0.1) is 18.6 Å². The summed E-state index contributed by atoms with van der Waals surface area (Å²) >= 11 is 10.5. The van der Waals surface area contributed by atoms with Gasteiger partial charge in [0.25, 0.3) is 0 Å². The third-order valence-electron chi connectivity index (χ3n) is 3.13. The van der Waals surface area contributed by atoms with Crippen LogP contribution in [0.3, 0.4) is 0 Å². The summed E-state index contributed by atoms with van der Waals surface area (Å²) in [5, 5.41) is 0. The molecule has 0 N–H and O–H groups in total. The van der Waals surface area contributed by atoms with E-state index in [2.05, 4.69) is 15.9 Å². The summed E-state index contributed by atoms with van der Waals surface area (Å²) in [5.74, 6) is 0.799. The second kappa shape index (κ2) is 7.40. The van der Waals surface area contributed by atoms with E-state index in [4.69, 9.17) is 21.1 Å². The molecule has 0 amide bonds. The Kier molecular flexibility index (Phi) is 5.96. The van der Waals surface area contributed by atoms with Crippen molar-refractivity contribution in [1.82, 2.24) is 4.31 Å². The van der Waals surface area contributed by atoms with E-state index in [0.717, 1.165) is 4.88 Å². The van der Waals surface area contributed by atoms with Crippen molar-refractivity contribution < 1.29 is 17.9 Å². The SMILES string of the molecule is COc1cc(Br)c(S(=O)(=O)N(C)Cc2ccc(Cl)s2)cc1OC. The standard InChI is InChI=1S/C14H15BrClNO4S2/c1-17(8-9-4-5-14(16)22-9)23(18,19)13-7-12(21-3)11(20-2)6-10(13)15/h4-7H,8H2,1-3H3. The smallest absolute Gasteiger partial charge is 0.244 e. The lowest BCUT2D eigenvalue weighted by Gasteiger charge is -2.19. The summed E-state index contributed by atoms with van der Waals surface area (Å²) in [7, 11) is 0.767. The Morgan fingerprint density at radius 2 is 1.83 bits per heavy atom. The Morgan fingerprint density at radius 3 is 2.35 bits per heavy atom. The fourth-order valence-corrected chi connectivity index (χ4v) is 5.31. The molecule has 2 rings (SSSR count). The molecular weight excluding hydrogens is 426 g/mol. The maximum absolute atomic E-state index is 12.8. The first kappa shape index (κ1) is 18.5. The Hall–Kier alpha value is -0.800. The topological polar surface area (TPSA) is 55.8 Å². The highest BCUT2D eigenvalue weighted by atomic mass is 79.9. The first-order valence-electron chi connectivity index (χ1n) is 6.41. The number of thiophene rings is 1. The van der Waals surface area contributed by atoms with Crippen LogP contribution in [0.1, 0.15) is 4.88 Å². The van der Waals surface area contributed by atoms with Crippen LogP contribution in [0.5, 0.6) is 11.5 Å². The number of hydrogen-bond acceptors (Lipinski definition) is 5. The summed E-state index contributed by atoms with van der Waals surface area (Å²) < 4.78 is 38.3. The number of benzene rings is 1. The summed E-state index contributed by atoms with van der Waals surface area (Å²) in [5.41, 5.74) is 0. The average Bonchev–Trinajstić information content (AvgIpc) is 2.91. The van der Waals surface area contributed by atoms with E-state index in [1.54, 1.807) is 12.1 Å². The minimum Gasteiger partial charge on any atom is -0.493 e. The highest BCUT2D eigenvalue weighted by molar-refractivity contribution is 9.10. The minimum absolute atomic E-state index is 0.111. The zero-order valence-corrected chi connectivity index (χ0v) is 16.6. The average molecular weight is 441 g/mol. The lowest BCUT2D eigenvalue weighted by Crippen LogP contribution is -2.26. The molecule has 0 aliphatic carbocycles. The molecule has 2 aromatic rings. The largest absolute Gasteiger partial charge is 0.493 e. The van der Waals surface area contributed by atoms with E-state index < -0.39 is 10.0 Å². The van der Waals surface area contributed by atoms with Gasteiger partial charge in [-0.2, -0.15) is 4.31 Å².